The highest BCUT2D eigenvalue weighted by molar-refractivity contribution is 6.34. The van der Waals surface area contributed by atoms with Crippen molar-refractivity contribution in [1.29, 1.82) is 0 Å². The van der Waals surface area contributed by atoms with Crippen LogP contribution in [0, 0.1) is 6.92 Å². The van der Waals surface area contributed by atoms with Crippen molar-refractivity contribution in [2.45, 2.75) is 12.4 Å². The van der Waals surface area contributed by atoms with Crippen molar-refractivity contribution < 1.29 is 14.4 Å². The first-order valence-corrected chi connectivity index (χ1v) is 11.3. The Kier molecular flexibility index (Phi) is 7.07. The smallest absolute Gasteiger partial charge is 0.329 e. The number of halogens is 1. The number of hydrogen-bond acceptors (Lipinski definition) is 5. The average molecular weight is 502 g/mol. The molecule has 0 aliphatic carbocycles. The molecule has 0 aliphatic rings. The fourth-order valence-electron chi connectivity index (χ4n) is 3.54. The van der Waals surface area contributed by atoms with Gasteiger partial charge >= 0.3 is 5.69 Å². The quantitative estimate of drug-likeness (QED) is 0.238. The molecule has 1 amide bonds. The molecule has 0 spiro atoms. The fraction of sp³-hybridized carbons (Fsp3) is 0.0741. The molecule has 36 heavy (non-hydrogen) atoms. The molecule has 0 aliphatic heterocycles. The molecule has 4 aromatic rings. The number of rotatable bonds is 6. The second-order valence-electron chi connectivity index (χ2n) is 7.95. The third-order valence-corrected chi connectivity index (χ3v) is 5.80. The molecule has 4 rings (SSSR count). The molecule has 1 atom stereocenters. The number of aromatic amines is 1. The van der Waals surface area contributed by atoms with E-state index in [1.165, 1.54) is 19.2 Å². The Morgan fingerprint density at radius 2 is 1.50 bits per heavy atom. The topological polar surface area (TPSA) is 118 Å². The van der Waals surface area contributed by atoms with Crippen LogP contribution < -0.4 is 16.6 Å². The van der Waals surface area contributed by atoms with Gasteiger partial charge in [-0.1, -0.05) is 66.2 Å². The van der Waals surface area contributed by atoms with E-state index in [4.69, 9.17) is 11.6 Å². The Bertz CT molecular complexity index is 1570. The van der Waals surface area contributed by atoms with Crippen molar-refractivity contribution in [3.05, 3.63) is 128 Å². The predicted octanol–water partition coefficient (Wildman–Crippen LogP) is 3.38. The summed E-state index contributed by atoms with van der Waals surface area (Å²) in [4.78, 5) is 64.6. The van der Waals surface area contributed by atoms with Gasteiger partial charge in [-0.15, -0.1) is 0 Å². The molecular weight excluding hydrogens is 482 g/mol. The number of aryl methyl sites for hydroxylation is 1. The predicted molar refractivity (Wildman–Crippen MR) is 136 cm³/mol. The lowest BCUT2D eigenvalue weighted by atomic mass is 10.0. The maximum Gasteiger partial charge on any atom is 0.335 e. The number of hydrogen-bond donors (Lipinski definition) is 2. The molecule has 1 aromatic heterocycles. The third-order valence-electron chi connectivity index (χ3n) is 5.50. The Morgan fingerprint density at radius 3 is 2.19 bits per heavy atom. The molecule has 2 N–H and O–H groups in total. The van der Waals surface area contributed by atoms with E-state index < -0.39 is 34.3 Å². The molecule has 0 bridgehead atoms. The van der Waals surface area contributed by atoms with Crippen LogP contribution in [0.4, 0.5) is 0 Å². The third kappa shape index (κ3) is 5.08. The van der Waals surface area contributed by atoms with Crippen LogP contribution in [0.25, 0.3) is 11.1 Å². The second-order valence-corrected chi connectivity index (χ2v) is 8.38. The van der Waals surface area contributed by atoms with E-state index in [0.29, 0.717) is 21.3 Å². The van der Waals surface area contributed by atoms with Gasteiger partial charge in [0.2, 0.25) is 0 Å². The van der Waals surface area contributed by atoms with Crippen molar-refractivity contribution in [3.63, 3.8) is 0 Å². The van der Waals surface area contributed by atoms with Crippen LogP contribution >= 0.6 is 11.6 Å². The van der Waals surface area contributed by atoms with Crippen LogP contribution in [-0.4, -0.2) is 32.6 Å². The van der Waals surface area contributed by atoms with Gasteiger partial charge in [-0.2, -0.15) is 4.57 Å². The Balaban J connectivity index is 1.52. The summed E-state index contributed by atoms with van der Waals surface area (Å²) in [5.41, 5.74) is -0.348. The van der Waals surface area contributed by atoms with Crippen LogP contribution in [0.15, 0.2) is 94.6 Å². The van der Waals surface area contributed by atoms with E-state index in [1.54, 1.807) is 72.8 Å². The molecular formula is C27H20ClN3O5. The molecule has 1 heterocycles. The molecule has 3 aromatic carbocycles. The van der Waals surface area contributed by atoms with Gasteiger partial charge in [-0.25, -0.2) is 4.79 Å². The number of nitrogens with zero attached hydrogens (tertiary/aromatic N) is 1. The van der Waals surface area contributed by atoms with E-state index in [0.717, 1.165) is 0 Å². The number of alkyl halides is 1. The number of amides is 1. The molecule has 1 unspecified atom stereocenters. The number of carbonyl (C=O) groups is 3. The van der Waals surface area contributed by atoms with Crippen LogP contribution in [0.3, 0.4) is 0 Å². The van der Waals surface area contributed by atoms with Gasteiger partial charge in [0.1, 0.15) is 0 Å². The van der Waals surface area contributed by atoms with Gasteiger partial charge in [0, 0.05) is 28.5 Å². The van der Waals surface area contributed by atoms with Crippen LogP contribution in [0.2, 0.25) is 0 Å². The summed E-state index contributed by atoms with van der Waals surface area (Å²) >= 11 is 6.11. The van der Waals surface area contributed by atoms with Gasteiger partial charge in [-0.3, -0.25) is 19.2 Å². The minimum Gasteiger partial charge on any atom is -0.329 e. The Morgan fingerprint density at radius 1 is 0.833 bits per heavy atom. The maximum absolute atomic E-state index is 12.9. The van der Waals surface area contributed by atoms with Crippen LogP contribution in [0.1, 0.15) is 36.6 Å². The molecule has 0 saturated heterocycles. The first kappa shape index (κ1) is 24.6. The van der Waals surface area contributed by atoms with E-state index in [-0.39, 0.29) is 16.7 Å². The molecule has 0 radical (unpaired) electrons. The second kappa shape index (κ2) is 10.4. The van der Waals surface area contributed by atoms with E-state index in [1.807, 2.05) is 0 Å². The van der Waals surface area contributed by atoms with E-state index in [9.17, 15) is 24.0 Å². The molecule has 0 saturated carbocycles. The minimum atomic E-state index is -1.23. The van der Waals surface area contributed by atoms with Crippen molar-refractivity contribution in [1.82, 2.24) is 14.9 Å². The number of benzene rings is 3. The largest absolute Gasteiger partial charge is 0.335 e. The zero-order valence-electron chi connectivity index (χ0n) is 19.0. The number of aromatic nitrogens is 2. The summed E-state index contributed by atoms with van der Waals surface area (Å²) in [5.74, 6) is -1.69. The lowest BCUT2D eigenvalue weighted by Crippen LogP contribution is -2.40. The van der Waals surface area contributed by atoms with E-state index >= 15 is 0 Å². The zero-order chi connectivity index (χ0) is 25.8. The average Bonchev–Trinajstić information content (AvgIpc) is 2.91. The number of Topliss-reactive ketones (excluding diaryl/α,β-unsaturated/α-hetero) is 1. The molecule has 9 heteroatoms. The molecule has 180 valence electrons. The van der Waals surface area contributed by atoms with Gasteiger partial charge in [0.05, 0.1) is 0 Å². The first-order chi connectivity index (χ1) is 17.3. The summed E-state index contributed by atoms with van der Waals surface area (Å²) in [6.45, 7) is 1.50. The number of nitrogens with one attached hydrogen (secondary N) is 2. The highest BCUT2D eigenvalue weighted by atomic mass is 35.5. The van der Waals surface area contributed by atoms with Crippen molar-refractivity contribution in [2.75, 3.05) is 0 Å². The van der Waals surface area contributed by atoms with E-state index in [2.05, 4.69) is 10.3 Å². The lowest BCUT2D eigenvalue weighted by molar-refractivity contribution is 0.0889. The normalized spacial score (nSPS) is 11.5. The standard InChI is InChI=1S/C27H20ClN3O5/c1-16-15-29-27(36)31(25(16)34)26(35)21-9-5-8-20(14-21)17-10-12-19(13-11-17)24(33)30-23(28)22(32)18-6-3-2-4-7-18/h2-15,23H,1H3,(H,29,36)(H,30,33). The van der Waals surface area contributed by atoms with Gasteiger partial charge in [0.15, 0.2) is 11.3 Å². The summed E-state index contributed by atoms with van der Waals surface area (Å²) in [6, 6.07) is 21.3. The zero-order valence-corrected chi connectivity index (χ0v) is 19.8. The Labute approximate surface area is 210 Å². The highest BCUT2D eigenvalue weighted by Gasteiger charge is 2.20. The maximum atomic E-state index is 12.9. The fourth-order valence-corrected chi connectivity index (χ4v) is 3.76. The Hall–Kier alpha value is -4.56. The molecule has 0 fully saturated rings. The SMILES string of the molecule is Cc1c[nH]c(=O)n(C(=O)c2cccc(-c3ccc(C(=O)NC(Cl)C(=O)c4ccccc4)cc3)c2)c1=O. The summed E-state index contributed by atoms with van der Waals surface area (Å²) < 4.78 is 0.557. The lowest BCUT2D eigenvalue weighted by Gasteiger charge is -2.12. The van der Waals surface area contributed by atoms with Gasteiger partial charge in [0.25, 0.3) is 17.4 Å². The van der Waals surface area contributed by atoms with Gasteiger partial charge < -0.3 is 10.3 Å². The van der Waals surface area contributed by atoms with Crippen LogP contribution in [-0.2, 0) is 0 Å². The minimum absolute atomic E-state index is 0.150. The molecule has 8 nitrogen and oxygen atoms in total. The summed E-state index contributed by atoms with van der Waals surface area (Å²) in [5, 5.41) is 2.48. The van der Waals surface area contributed by atoms with Crippen molar-refractivity contribution in [3.8, 4) is 11.1 Å². The highest BCUT2D eigenvalue weighted by Crippen LogP contribution is 2.21. The van der Waals surface area contributed by atoms with Crippen molar-refractivity contribution in [2.24, 2.45) is 0 Å². The van der Waals surface area contributed by atoms with Gasteiger partial charge in [-0.05, 0) is 42.3 Å². The number of ketones is 1. The first-order valence-electron chi connectivity index (χ1n) is 10.9. The number of carbonyl (C=O) groups excluding carboxylic acids is 3. The summed E-state index contributed by atoms with van der Waals surface area (Å²) in [6.07, 6.45) is 1.26. The number of H-pyrrole nitrogens is 1. The van der Waals surface area contributed by atoms with Crippen LogP contribution in [0.5, 0.6) is 0 Å². The van der Waals surface area contributed by atoms with Crippen molar-refractivity contribution >= 4 is 29.2 Å². The summed E-state index contributed by atoms with van der Waals surface area (Å²) in [7, 11) is 0. The monoisotopic (exact) mass is 501 g/mol.